The lowest BCUT2D eigenvalue weighted by molar-refractivity contribution is -0.170. The molecule has 106 valence electrons. The van der Waals surface area contributed by atoms with E-state index >= 15 is 0 Å². The highest BCUT2D eigenvalue weighted by atomic mass is 79.9. The molecule has 1 aromatic carbocycles. The molecule has 20 heavy (non-hydrogen) atoms. The van der Waals surface area contributed by atoms with E-state index in [2.05, 4.69) is 30.6 Å². The zero-order chi connectivity index (χ0) is 14.9. The normalized spacial score (nSPS) is 11.7. The maximum atomic E-state index is 12.1. The van der Waals surface area contributed by atoms with E-state index in [1.54, 1.807) is 12.1 Å². The Morgan fingerprint density at radius 3 is 2.70 bits per heavy atom. The van der Waals surface area contributed by atoms with Crippen LogP contribution < -0.4 is 0 Å². The van der Waals surface area contributed by atoms with Crippen molar-refractivity contribution in [1.29, 1.82) is 0 Å². The van der Waals surface area contributed by atoms with Gasteiger partial charge in [-0.1, -0.05) is 27.2 Å². The number of alkyl halides is 3. The molecule has 0 bridgehead atoms. The van der Waals surface area contributed by atoms with Crippen LogP contribution in [0.5, 0.6) is 0 Å². The number of ketones is 1. The van der Waals surface area contributed by atoms with Gasteiger partial charge in [0.2, 0.25) is 17.5 Å². The van der Waals surface area contributed by atoms with E-state index in [1.807, 2.05) is 13.0 Å². The predicted molar refractivity (Wildman–Crippen MR) is 66.9 cm³/mol. The first-order valence-electron chi connectivity index (χ1n) is 5.46. The highest BCUT2D eigenvalue weighted by Crippen LogP contribution is 2.27. The minimum atomic E-state index is -4.90. The molecule has 1 aromatic heterocycles. The number of nitrogens with zero attached hydrogens (tertiary/aromatic N) is 2. The van der Waals surface area contributed by atoms with Crippen molar-refractivity contribution < 1.29 is 22.5 Å². The summed E-state index contributed by atoms with van der Waals surface area (Å²) in [5.41, 5.74) is 1.57. The Bertz CT molecular complexity index is 652. The quantitative estimate of drug-likeness (QED) is 0.851. The van der Waals surface area contributed by atoms with E-state index in [0.29, 0.717) is 10.0 Å². The molecule has 0 aliphatic carbocycles. The molecule has 8 heteroatoms. The van der Waals surface area contributed by atoms with Crippen molar-refractivity contribution in [1.82, 2.24) is 10.1 Å². The summed E-state index contributed by atoms with van der Waals surface area (Å²) in [6.07, 6.45) is -5.86. The summed E-state index contributed by atoms with van der Waals surface area (Å²) in [5, 5.41) is 3.58. The van der Waals surface area contributed by atoms with Crippen LogP contribution in [0, 0.1) is 6.92 Å². The van der Waals surface area contributed by atoms with Crippen LogP contribution in [0.1, 0.15) is 11.5 Å². The van der Waals surface area contributed by atoms with Crippen molar-refractivity contribution in [3.8, 4) is 11.4 Å². The van der Waals surface area contributed by atoms with E-state index < -0.39 is 18.4 Å². The van der Waals surface area contributed by atoms with Gasteiger partial charge in [0.15, 0.2) is 0 Å². The number of Topliss-reactive ketones (excluding diaryl/α,β-unsaturated/α-hetero) is 1. The van der Waals surface area contributed by atoms with Crippen molar-refractivity contribution in [2.24, 2.45) is 0 Å². The fourth-order valence-corrected chi connectivity index (χ4v) is 2.15. The third-order valence-electron chi connectivity index (χ3n) is 2.46. The van der Waals surface area contributed by atoms with Gasteiger partial charge >= 0.3 is 6.18 Å². The van der Waals surface area contributed by atoms with Crippen LogP contribution in [-0.2, 0) is 11.2 Å². The van der Waals surface area contributed by atoms with Crippen LogP contribution in [0.25, 0.3) is 11.4 Å². The monoisotopic (exact) mass is 348 g/mol. The van der Waals surface area contributed by atoms with Crippen LogP contribution >= 0.6 is 15.9 Å². The standard InChI is InChI=1S/C12H8BrF3N2O2/c1-6-2-3-7(8(13)4-6)11-17-10(20-18-11)5-9(19)12(14,15)16/h2-4H,5H2,1H3. The van der Waals surface area contributed by atoms with Gasteiger partial charge in [0, 0.05) is 10.0 Å². The number of aryl methyl sites for hydroxylation is 1. The van der Waals surface area contributed by atoms with Gasteiger partial charge in [-0.2, -0.15) is 18.2 Å². The average molecular weight is 349 g/mol. The molecule has 0 amide bonds. The second-order valence-electron chi connectivity index (χ2n) is 4.09. The van der Waals surface area contributed by atoms with Gasteiger partial charge < -0.3 is 4.52 Å². The van der Waals surface area contributed by atoms with Crippen LogP contribution in [-0.4, -0.2) is 22.1 Å². The molecular formula is C12H8BrF3N2O2. The number of aromatic nitrogens is 2. The Morgan fingerprint density at radius 1 is 1.40 bits per heavy atom. The Balaban J connectivity index is 2.23. The molecule has 0 N–H and O–H groups in total. The smallest absolute Gasteiger partial charge is 0.338 e. The van der Waals surface area contributed by atoms with Gasteiger partial charge in [-0.15, -0.1) is 0 Å². The minimum absolute atomic E-state index is 0.127. The summed E-state index contributed by atoms with van der Waals surface area (Å²) in [6, 6.07) is 5.32. The second-order valence-corrected chi connectivity index (χ2v) is 4.95. The molecule has 0 aliphatic rings. The topological polar surface area (TPSA) is 56.0 Å². The molecule has 0 unspecified atom stereocenters. The summed E-state index contributed by atoms with van der Waals surface area (Å²) in [4.78, 5) is 14.6. The fraction of sp³-hybridized carbons (Fsp3) is 0.250. The average Bonchev–Trinajstić information content (AvgIpc) is 2.76. The lowest BCUT2D eigenvalue weighted by atomic mass is 10.1. The van der Waals surface area contributed by atoms with Gasteiger partial charge in [-0.25, -0.2) is 0 Å². The number of hydrogen-bond donors (Lipinski definition) is 0. The summed E-state index contributed by atoms with van der Waals surface area (Å²) in [6.45, 7) is 1.89. The summed E-state index contributed by atoms with van der Waals surface area (Å²) < 4.78 is 41.7. The van der Waals surface area contributed by atoms with Crippen LogP contribution in [0.3, 0.4) is 0 Å². The van der Waals surface area contributed by atoms with E-state index in [0.717, 1.165) is 5.56 Å². The Hall–Kier alpha value is -1.70. The molecule has 2 aromatic rings. The van der Waals surface area contributed by atoms with E-state index in [-0.39, 0.29) is 11.7 Å². The molecule has 0 fully saturated rings. The second kappa shape index (κ2) is 5.35. The number of halogens is 4. The van der Waals surface area contributed by atoms with Crippen molar-refractivity contribution in [2.75, 3.05) is 0 Å². The van der Waals surface area contributed by atoms with Gasteiger partial charge in [-0.05, 0) is 24.6 Å². The first-order chi connectivity index (χ1) is 9.27. The zero-order valence-electron chi connectivity index (χ0n) is 10.2. The number of rotatable bonds is 3. The highest BCUT2D eigenvalue weighted by Gasteiger charge is 2.39. The highest BCUT2D eigenvalue weighted by molar-refractivity contribution is 9.10. The Labute approximate surface area is 120 Å². The van der Waals surface area contributed by atoms with Crippen molar-refractivity contribution in [2.45, 2.75) is 19.5 Å². The summed E-state index contributed by atoms with van der Waals surface area (Å²) >= 11 is 3.31. The molecule has 0 aliphatic heterocycles. The van der Waals surface area contributed by atoms with Gasteiger partial charge in [0.25, 0.3) is 0 Å². The molecule has 0 spiro atoms. The molecule has 4 nitrogen and oxygen atoms in total. The van der Waals surface area contributed by atoms with E-state index in [1.165, 1.54) is 0 Å². The number of carbonyl (C=O) groups is 1. The Kier molecular flexibility index (Phi) is 3.94. The number of hydrogen-bond acceptors (Lipinski definition) is 4. The zero-order valence-corrected chi connectivity index (χ0v) is 11.7. The Morgan fingerprint density at radius 2 is 2.10 bits per heavy atom. The van der Waals surface area contributed by atoms with Crippen molar-refractivity contribution >= 4 is 21.7 Å². The largest absolute Gasteiger partial charge is 0.450 e. The van der Waals surface area contributed by atoms with Crippen LogP contribution in [0.2, 0.25) is 0 Å². The maximum Gasteiger partial charge on any atom is 0.450 e. The molecule has 0 saturated carbocycles. The summed E-state index contributed by atoms with van der Waals surface area (Å²) in [5.74, 6) is -2.16. The third kappa shape index (κ3) is 3.24. The molecule has 0 atom stereocenters. The first-order valence-corrected chi connectivity index (χ1v) is 6.26. The van der Waals surface area contributed by atoms with Crippen LogP contribution in [0.15, 0.2) is 27.2 Å². The number of carbonyl (C=O) groups excluding carboxylic acids is 1. The maximum absolute atomic E-state index is 12.1. The molecule has 1 heterocycles. The van der Waals surface area contributed by atoms with Crippen molar-refractivity contribution in [3.05, 3.63) is 34.1 Å². The fourth-order valence-electron chi connectivity index (χ4n) is 1.48. The summed E-state index contributed by atoms with van der Waals surface area (Å²) in [7, 11) is 0. The SMILES string of the molecule is Cc1ccc(-c2noc(CC(=O)C(F)(F)F)n2)c(Br)c1. The van der Waals surface area contributed by atoms with E-state index in [4.69, 9.17) is 0 Å². The van der Waals surface area contributed by atoms with Gasteiger partial charge in [0.05, 0.1) is 6.42 Å². The predicted octanol–water partition coefficient (Wildman–Crippen LogP) is 3.48. The third-order valence-corrected chi connectivity index (χ3v) is 3.12. The molecule has 0 saturated heterocycles. The molecular weight excluding hydrogens is 341 g/mol. The van der Waals surface area contributed by atoms with Gasteiger partial charge in [0.1, 0.15) is 0 Å². The molecule has 0 radical (unpaired) electrons. The molecule has 2 rings (SSSR count). The number of benzene rings is 1. The van der Waals surface area contributed by atoms with Crippen molar-refractivity contribution in [3.63, 3.8) is 0 Å². The first kappa shape index (κ1) is 14.7. The lowest BCUT2D eigenvalue weighted by Gasteiger charge is -2.01. The van der Waals surface area contributed by atoms with E-state index in [9.17, 15) is 18.0 Å². The van der Waals surface area contributed by atoms with Crippen LogP contribution in [0.4, 0.5) is 13.2 Å². The van der Waals surface area contributed by atoms with Gasteiger partial charge in [-0.3, -0.25) is 4.79 Å². The minimum Gasteiger partial charge on any atom is -0.338 e. The lowest BCUT2D eigenvalue weighted by Crippen LogP contribution is -2.24.